The van der Waals surface area contributed by atoms with Crippen LogP contribution in [-0.4, -0.2) is 33.3 Å². The Kier molecular flexibility index (Phi) is 3.89. The van der Waals surface area contributed by atoms with E-state index in [1.54, 1.807) is 6.20 Å². The zero-order chi connectivity index (χ0) is 14.2. The number of aliphatic hydroxyl groups is 1. The number of nitrogens with one attached hydrogen (secondary N) is 1. The van der Waals surface area contributed by atoms with Gasteiger partial charge in [0.25, 0.3) is 5.89 Å². The number of piperidine rings is 1. The van der Waals surface area contributed by atoms with E-state index in [1.165, 1.54) is 0 Å². The average Bonchev–Trinajstić information content (AvgIpc) is 2.90. The van der Waals surface area contributed by atoms with Crippen molar-refractivity contribution < 1.29 is 9.63 Å². The van der Waals surface area contributed by atoms with Crippen LogP contribution in [0.5, 0.6) is 0 Å². The predicted molar refractivity (Wildman–Crippen MR) is 78.9 cm³/mol. The Morgan fingerprint density at radius 2 is 2.05 bits per heavy atom. The Balaban J connectivity index is 1.93. The first kappa shape index (κ1) is 14.1. The van der Waals surface area contributed by atoms with Gasteiger partial charge in [-0.05, 0) is 63.9 Å². The third-order valence-electron chi connectivity index (χ3n) is 3.27. The van der Waals surface area contributed by atoms with Crippen LogP contribution in [0.1, 0.15) is 18.7 Å². The average molecular weight is 404 g/mol. The standard InChI is InChI=1S/C12H12Br2N4O2/c13-7-5-8(14)9(16-6-7)10-17-11(20-18-10)12(19)1-3-15-4-2-12/h5-6,15,19H,1-4H2. The zero-order valence-electron chi connectivity index (χ0n) is 10.4. The lowest BCUT2D eigenvalue weighted by Gasteiger charge is -2.28. The molecular weight excluding hydrogens is 392 g/mol. The molecule has 1 saturated heterocycles. The van der Waals surface area contributed by atoms with E-state index < -0.39 is 5.60 Å². The smallest absolute Gasteiger partial charge is 0.259 e. The van der Waals surface area contributed by atoms with Crippen molar-refractivity contribution >= 4 is 31.9 Å². The van der Waals surface area contributed by atoms with Crippen LogP contribution in [0.25, 0.3) is 11.5 Å². The van der Waals surface area contributed by atoms with Gasteiger partial charge in [-0.1, -0.05) is 5.16 Å². The van der Waals surface area contributed by atoms with E-state index in [4.69, 9.17) is 4.52 Å². The first-order valence-corrected chi connectivity index (χ1v) is 7.76. The summed E-state index contributed by atoms with van der Waals surface area (Å²) in [5.74, 6) is 0.622. The molecule has 0 saturated carbocycles. The maximum atomic E-state index is 10.5. The maximum Gasteiger partial charge on any atom is 0.259 e. The number of rotatable bonds is 2. The number of hydrogen-bond donors (Lipinski definition) is 2. The number of nitrogens with zero attached hydrogens (tertiary/aromatic N) is 3. The Bertz CT molecular complexity index is 626. The van der Waals surface area contributed by atoms with Gasteiger partial charge in [-0.25, -0.2) is 0 Å². The Hall–Kier alpha value is -0.830. The minimum absolute atomic E-state index is 0.255. The monoisotopic (exact) mass is 402 g/mol. The van der Waals surface area contributed by atoms with Gasteiger partial charge in [-0.3, -0.25) is 4.98 Å². The van der Waals surface area contributed by atoms with E-state index in [0.717, 1.165) is 22.0 Å². The topological polar surface area (TPSA) is 84.1 Å². The fourth-order valence-electron chi connectivity index (χ4n) is 2.14. The van der Waals surface area contributed by atoms with Gasteiger partial charge >= 0.3 is 0 Å². The summed E-state index contributed by atoms with van der Waals surface area (Å²) in [6.07, 6.45) is 2.78. The van der Waals surface area contributed by atoms with Gasteiger partial charge in [0.2, 0.25) is 5.82 Å². The van der Waals surface area contributed by atoms with Crippen molar-refractivity contribution in [2.75, 3.05) is 13.1 Å². The third kappa shape index (κ3) is 2.65. The summed E-state index contributed by atoms with van der Waals surface area (Å²) in [5.41, 5.74) is -0.459. The number of aromatic nitrogens is 3. The van der Waals surface area contributed by atoms with E-state index in [9.17, 15) is 5.11 Å². The van der Waals surface area contributed by atoms with Gasteiger partial charge in [0.1, 0.15) is 11.3 Å². The summed E-state index contributed by atoms with van der Waals surface area (Å²) < 4.78 is 6.85. The first-order chi connectivity index (χ1) is 9.58. The zero-order valence-corrected chi connectivity index (χ0v) is 13.6. The van der Waals surface area contributed by atoms with Crippen molar-refractivity contribution in [3.05, 3.63) is 27.1 Å². The molecule has 2 aromatic heterocycles. The predicted octanol–water partition coefficient (Wildman–Crippen LogP) is 2.23. The molecule has 8 heteroatoms. The van der Waals surface area contributed by atoms with E-state index >= 15 is 0 Å². The quantitative estimate of drug-likeness (QED) is 0.799. The van der Waals surface area contributed by atoms with Crippen molar-refractivity contribution in [2.24, 2.45) is 0 Å². The summed E-state index contributed by atoms with van der Waals surface area (Å²) >= 11 is 6.76. The molecule has 0 unspecified atom stereocenters. The highest BCUT2D eigenvalue weighted by atomic mass is 79.9. The van der Waals surface area contributed by atoms with Crippen LogP contribution in [0, 0.1) is 0 Å². The fraction of sp³-hybridized carbons (Fsp3) is 0.417. The van der Waals surface area contributed by atoms with Crippen molar-refractivity contribution in [1.29, 1.82) is 0 Å². The van der Waals surface area contributed by atoms with Gasteiger partial charge in [0, 0.05) is 15.1 Å². The lowest BCUT2D eigenvalue weighted by Crippen LogP contribution is -2.39. The van der Waals surface area contributed by atoms with Gasteiger partial charge in [-0.2, -0.15) is 4.98 Å². The highest BCUT2D eigenvalue weighted by Gasteiger charge is 2.37. The summed E-state index contributed by atoms with van der Waals surface area (Å²) in [6, 6.07) is 1.86. The summed E-state index contributed by atoms with van der Waals surface area (Å²) in [7, 11) is 0. The molecule has 0 aromatic carbocycles. The van der Waals surface area contributed by atoms with Crippen molar-refractivity contribution in [3.63, 3.8) is 0 Å². The van der Waals surface area contributed by atoms with Gasteiger partial charge in [-0.15, -0.1) is 0 Å². The summed E-state index contributed by atoms with van der Waals surface area (Å²) in [4.78, 5) is 8.56. The van der Waals surface area contributed by atoms with Crippen LogP contribution < -0.4 is 5.32 Å². The van der Waals surface area contributed by atoms with E-state index in [0.29, 0.717) is 24.4 Å². The Morgan fingerprint density at radius 3 is 2.75 bits per heavy atom. The summed E-state index contributed by atoms with van der Waals surface area (Å²) in [6.45, 7) is 1.46. The Labute approximate surface area is 132 Å². The molecule has 0 spiro atoms. The highest BCUT2D eigenvalue weighted by molar-refractivity contribution is 9.11. The van der Waals surface area contributed by atoms with Crippen LogP contribution in [0.15, 0.2) is 25.7 Å². The fourth-order valence-corrected chi connectivity index (χ4v) is 3.31. The molecule has 6 nitrogen and oxygen atoms in total. The van der Waals surface area contributed by atoms with Gasteiger partial charge in [0.05, 0.1) is 0 Å². The third-order valence-corrected chi connectivity index (χ3v) is 4.31. The van der Waals surface area contributed by atoms with E-state index in [2.05, 4.69) is 52.3 Å². The molecule has 20 heavy (non-hydrogen) atoms. The molecular formula is C12H12Br2N4O2. The van der Waals surface area contributed by atoms with E-state index in [-0.39, 0.29) is 5.89 Å². The maximum absolute atomic E-state index is 10.5. The molecule has 106 valence electrons. The van der Waals surface area contributed by atoms with Crippen LogP contribution in [0.4, 0.5) is 0 Å². The second-order valence-electron chi connectivity index (χ2n) is 4.69. The number of pyridine rings is 1. The molecule has 0 radical (unpaired) electrons. The highest BCUT2D eigenvalue weighted by Crippen LogP contribution is 2.32. The molecule has 1 fully saturated rings. The van der Waals surface area contributed by atoms with Crippen molar-refractivity contribution in [1.82, 2.24) is 20.4 Å². The molecule has 0 atom stereocenters. The second-order valence-corrected chi connectivity index (χ2v) is 6.46. The van der Waals surface area contributed by atoms with Crippen LogP contribution in [-0.2, 0) is 5.60 Å². The molecule has 2 aromatic rings. The summed E-state index contributed by atoms with van der Waals surface area (Å²) in [5, 5.41) is 17.7. The minimum Gasteiger partial charge on any atom is -0.380 e. The van der Waals surface area contributed by atoms with Crippen molar-refractivity contribution in [2.45, 2.75) is 18.4 Å². The minimum atomic E-state index is -1.04. The normalized spacial score (nSPS) is 18.1. The van der Waals surface area contributed by atoms with Gasteiger partial charge in [0.15, 0.2) is 0 Å². The van der Waals surface area contributed by atoms with Crippen LogP contribution >= 0.6 is 31.9 Å². The molecule has 2 N–H and O–H groups in total. The second kappa shape index (κ2) is 5.51. The van der Waals surface area contributed by atoms with Crippen LogP contribution in [0.2, 0.25) is 0 Å². The van der Waals surface area contributed by atoms with Crippen molar-refractivity contribution in [3.8, 4) is 11.5 Å². The molecule has 1 aliphatic rings. The molecule has 0 amide bonds. The molecule has 1 aliphatic heterocycles. The molecule has 0 bridgehead atoms. The van der Waals surface area contributed by atoms with Gasteiger partial charge < -0.3 is 14.9 Å². The SMILES string of the molecule is OC1(c2nc(-c3ncc(Br)cc3Br)no2)CCNCC1. The van der Waals surface area contributed by atoms with E-state index in [1.807, 2.05) is 6.07 Å². The first-order valence-electron chi connectivity index (χ1n) is 6.17. The number of hydrogen-bond acceptors (Lipinski definition) is 6. The lowest BCUT2D eigenvalue weighted by molar-refractivity contribution is -0.0228. The number of halogens is 2. The largest absolute Gasteiger partial charge is 0.380 e. The lowest BCUT2D eigenvalue weighted by atomic mass is 9.92. The molecule has 3 rings (SSSR count). The Morgan fingerprint density at radius 1 is 1.30 bits per heavy atom. The molecule has 0 aliphatic carbocycles. The molecule has 3 heterocycles. The van der Waals surface area contributed by atoms with Crippen LogP contribution in [0.3, 0.4) is 0 Å².